The van der Waals surface area contributed by atoms with Crippen LogP contribution in [0.3, 0.4) is 0 Å². The molecular formula is C15H19IN2S. The van der Waals surface area contributed by atoms with Crippen LogP contribution in [0.15, 0.2) is 18.2 Å². The molecule has 102 valence electrons. The topological polar surface area (TPSA) is 20.7 Å². The minimum absolute atomic E-state index is 0.501. The van der Waals surface area contributed by atoms with Gasteiger partial charge in [-0.2, -0.15) is 0 Å². The Morgan fingerprint density at radius 3 is 2.79 bits per heavy atom. The highest BCUT2D eigenvalue weighted by Crippen LogP contribution is 2.34. The van der Waals surface area contributed by atoms with Gasteiger partial charge in [0.05, 0.1) is 11.0 Å². The van der Waals surface area contributed by atoms with Gasteiger partial charge in [0.15, 0.2) is 4.77 Å². The van der Waals surface area contributed by atoms with Crippen LogP contribution in [0.1, 0.15) is 45.1 Å². The molecule has 2 aromatic rings. The average molecular weight is 386 g/mol. The molecule has 1 atom stereocenters. The largest absolute Gasteiger partial charge is 0.331 e. The van der Waals surface area contributed by atoms with Crippen LogP contribution in [0, 0.1) is 14.3 Å². The van der Waals surface area contributed by atoms with Crippen molar-refractivity contribution >= 4 is 45.8 Å². The molecule has 1 aliphatic rings. The fourth-order valence-electron chi connectivity index (χ4n) is 3.34. The molecule has 1 aromatic carbocycles. The smallest absolute Gasteiger partial charge is 0.178 e. The Bertz CT molecular complexity index is 637. The van der Waals surface area contributed by atoms with Crippen LogP contribution in [0.25, 0.3) is 11.0 Å². The lowest BCUT2D eigenvalue weighted by molar-refractivity contribution is 0.266. The average Bonchev–Trinajstić information content (AvgIpc) is 2.74. The number of benzene rings is 1. The van der Waals surface area contributed by atoms with Crippen LogP contribution >= 0.6 is 34.8 Å². The molecule has 0 radical (unpaired) electrons. The van der Waals surface area contributed by atoms with Gasteiger partial charge in [0.25, 0.3) is 0 Å². The first kappa shape index (κ1) is 13.6. The molecule has 3 rings (SSSR count). The summed E-state index contributed by atoms with van der Waals surface area (Å²) in [7, 11) is 0. The Balaban J connectivity index is 2.03. The SMILES string of the molecule is CC(C1CCCCC1)n1c(=S)[nH]c2cc(I)ccc21. The monoisotopic (exact) mass is 386 g/mol. The predicted octanol–water partition coefficient (Wildman–Crippen LogP) is 5.44. The Labute approximate surface area is 132 Å². The van der Waals surface area contributed by atoms with Crippen LogP contribution in [0.4, 0.5) is 0 Å². The van der Waals surface area contributed by atoms with Gasteiger partial charge in [0.1, 0.15) is 0 Å². The number of rotatable bonds is 2. The van der Waals surface area contributed by atoms with E-state index in [4.69, 9.17) is 12.2 Å². The summed E-state index contributed by atoms with van der Waals surface area (Å²) in [4.78, 5) is 3.36. The lowest BCUT2D eigenvalue weighted by Crippen LogP contribution is -2.19. The standard InChI is InChI=1S/C15H19IN2S/c1-10(11-5-3-2-4-6-11)18-14-8-7-12(16)9-13(14)17-15(18)19/h7-11H,2-6H2,1H3,(H,17,19). The van der Waals surface area contributed by atoms with E-state index < -0.39 is 0 Å². The highest BCUT2D eigenvalue weighted by atomic mass is 127. The number of fused-ring (bicyclic) bond motifs is 1. The molecule has 0 saturated heterocycles. The maximum atomic E-state index is 5.55. The van der Waals surface area contributed by atoms with E-state index in [1.165, 1.54) is 46.7 Å². The van der Waals surface area contributed by atoms with Crippen LogP contribution in [-0.4, -0.2) is 9.55 Å². The summed E-state index contributed by atoms with van der Waals surface area (Å²) in [5, 5.41) is 0. The van der Waals surface area contributed by atoms with Gasteiger partial charge < -0.3 is 9.55 Å². The number of nitrogens with zero attached hydrogens (tertiary/aromatic N) is 1. The molecule has 1 heterocycles. The lowest BCUT2D eigenvalue weighted by atomic mass is 9.84. The Morgan fingerprint density at radius 1 is 1.32 bits per heavy atom. The van der Waals surface area contributed by atoms with Crippen LogP contribution in [0.5, 0.6) is 0 Å². The predicted molar refractivity (Wildman–Crippen MR) is 91.1 cm³/mol. The van der Waals surface area contributed by atoms with E-state index in [1.54, 1.807) is 0 Å². The summed E-state index contributed by atoms with van der Waals surface area (Å²) in [5.74, 6) is 0.777. The zero-order valence-corrected chi connectivity index (χ0v) is 14.1. The Kier molecular flexibility index (Phi) is 3.98. The van der Waals surface area contributed by atoms with Gasteiger partial charge in [-0.3, -0.25) is 0 Å². The molecule has 0 amide bonds. The van der Waals surface area contributed by atoms with Crippen molar-refractivity contribution in [2.75, 3.05) is 0 Å². The summed E-state index contributed by atoms with van der Waals surface area (Å²) >= 11 is 7.89. The number of hydrogen-bond acceptors (Lipinski definition) is 1. The van der Waals surface area contributed by atoms with E-state index in [0.29, 0.717) is 6.04 Å². The van der Waals surface area contributed by atoms with Gasteiger partial charge in [-0.15, -0.1) is 0 Å². The van der Waals surface area contributed by atoms with Crippen molar-refractivity contribution in [3.8, 4) is 0 Å². The van der Waals surface area contributed by atoms with E-state index in [1.807, 2.05) is 0 Å². The normalized spacial score (nSPS) is 18.8. The molecule has 0 bridgehead atoms. The van der Waals surface area contributed by atoms with Crippen LogP contribution in [0.2, 0.25) is 0 Å². The molecule has 0 spiro atoms. The summed E-state index contributed by atoms with van der Waals surface area (Å²) in [6, 6.07) is 7.04. The minimum atomic E-state index is 0.501. The van der Waals surface area contributed by atoms with Crippen molar-refractivity contribution in [1.82, 2.24) is 9.55 Å². The number of halogens is 1. The molecule has 1 aliphatic carbocycles. The van der Waals surface area contributed by atoms with Crippen molar-refractivity contribution in [3.05, 3.63) is 26.5 Å². The van der Waals surface area contributed by atoms with Crippen LogP contribution < -0.4 is 0 Å². The molecule has 1 unspecified atom stereocenters. The van der Waals surface area contributed by atoms with Crippen molar-refractivity contribution < 1.29 is 0 Å². The molecule has 1 aromatic heterocycles. The number of hydrogen-bond donors (Lipinski definition) is 1. The Morgan fingerprint density at radius 2 is 2.05 bits per heavy atom. The number of imidazole rings is 1. The molecule has 19 heavy (non-hydrogen) atoms. The van der Waals surface area contributed by atoms with Gasteiger partial charge in [0.2, 0.25) is 0 Å². The van der Waals surface area contributed by atoms with E-state index in [2.05, 4.69) is 57.3 Å². The van der Waals surface area contributed by atoms with Crippen molar-refractivity contribution in [3.63, 3.8) is 0 Å². The van der Waals surface area contributed by atoms with E-state index in [9.17, 15) is 0 Å². The van der Waals surface area contributed by atoms with Gasteiger partial charge in [-0.25, -0.2) is 0 Å². The maximum Gasteiger partial charge on any atom is 0.178 e. The summed E-state index contributed by atoms with van der Waals surface area (Å²) < 4.78 is 4.45. The number of nitrogens with one attached hydrogen (secondary N) is 1. The highest BCUT2D eigenvalue weighted by Gasteiger charge is 2.23. The molecule has 1 N–H and O–H groups in total. The van der Waals surface area contributed by atoms with Gasteiger partial charge in [-0.1, -0.05) is 19.3 Å². The van der Waals surface area contributed by atoms with Crippen molar-refractivity contribution in [2.24, 2.45) is 5.92 Å². The summed E-state index contributed by atoms with van der Waals surface area (Å²) in [6.45, 7) is 2.33. The van der Waals surface area contributed by atoms with Gasteiger partial charge >= 0.3 is 0 Å². The third kappa shape index (κ3) is 2.61. The number of aromatic amines is 1. The van der Waals surface area contributed by atoms with Crippen molar-refractivity contribution in [1.29, 1.82) is 0 Å². The number of H-pyrrole nitrogens is 1. The van der Waals surface area contributed by atoms with Gasteiger partial charge in [-0.05, 0) is 78.7 Å². The van der Waals surface area contributed by atoms with E-state index in [0.717, 1.165) is 10.7 Å². The van der Waals surface area contributed by atoms with Crippen molar-refractivity contribution in [2.45, 2.75) is 45.1 Å². The second kappa shape index (κ2) is 5.56. The maximum absolute atomic E-state index is 5.55. The fourth-order valence-corrected chi connectivity index (χ4v) is 4.20. The van der Waals surface area contributed by atoms with E-state index in [-0.39, 0.29) is 0 Å². The lowest BCUT2D eigenvalue weighted by Gasteiger charge is -2.29. The molecule has 1 fully saturated rings. The third-order valence-electron chi connectivity index (χ3n) is 4.42. The second-order valence-electron chi connectivity index (χ2n) is 5.60. The molecular weight excluding hydrogens is 367 g/mol. The Hall–Kier alpha value is -0.360. The number of aromatic nitrogens is 2. The minimum Gasteiger partial charge on any atom is -0.331 e. The first-order valence-corrected chi connectivity index (χ1v) is 8.55. The van der Waals surface area contributed by atoms with Gasteiger partial charge in [0, 0.05) is 9.61 Å². The van der Waals surface area contributed by atoms with E-state index >= 15 is 0 Å². The summed E-state index contributed by atoms with van der Waals surface area (Å²) in [6.07, 6.45) is 6.85. The fraction of sp³-hybridized carbons (Fsp3) is 0.533. The zero-order valence-electron chi connectivity index (χ0n) is 11.2. The zero-order chi connectivity index (χ0) is 13.4. The quantitative estimate of drug-likeness (QED) is 0.538. The molecule has 2 nitrogen and oxygen atoms in total. The molecule has 1 saturated carbocycles. The van der Waals surface area contributed by atoms with Crippen LogP contribution in [-0.2, 0) is 0 Å². The first-order chi connectivity index (χ1) is 9.16. The first-order valence-electron chi connectivity index (χ1n) is 7.06. The third-order valence-corrected chi connectivity index (χ3v) is 5.39. The molecule has 0 aliphatic heterocycles. The highest BCUT2D eigenvalue weighted by molar-refractivity contribution is 14.1. The second-order valence-corrected chi connectivity index (χ2v) is 7.23. The molecule has 4 heteroatoms. The summed E-state index contributed by atoms with van der Waals surface area (Å²) in [5.41, 5.74) is 2.42.